The molecular weight excluding hydrogens is 270 g/mol. The van der Waals surface area contributed by atoms with Crippen LogP contribution in [0.4, 0.5) is 0 Å². The molecule has 1 aromatic rings. The Bertz CT molecular complexity index is 683. The van der Waals surface area contributed by atoms with E-state index < -0.39 is 5.97 Å². The lowest BCUT2D eigenvalue weighted by atomic mass is 9.97. The highest BCUT2D eigenvalue weighted by atomic mass is 16.7. The predicted octanol–water partition coefficient (Wildman–Crippen LogP) is 2.68. The number of ketones is 1. The van der Waals surface area contributed by atoms with E-state index in [1.807, 2.05) is 0 Å². The molecule has 5 nitrogen and oxygen atoms in total. The van der Waals surface area contributed by atoms with Crippen molar-refractivity contribution < 1.29 is 19.2 Å². The third kappa shape index (κ3) is 3.08. The van der Waals surface area contributed by atoms with Gasteiger partial charge in [0.1, 0.15) is 17.0 Å². The van der Waals surface area contributed by atoms with E-state index in [1.54, 1.807) is 38.1 Å². The molecule has 1 aliphatic carbocycles. The molecule has 0 N–H and O–H groups in total. The second-order valence-corrected chi connectivity index (χ2v) is 4.50. The summed E-state index contributed by atoms with van der Waals surface area (Å²) in [6.07, 6.45) is 2.93. The van der Waals surface area contributed by atoms with Gasteiger partial charge < -0.3 is 9.57 Å². The van der Waals surface area contributed by atoms with Crippen molar-refractivity contribution in [3.63, 3.8) is 0 Å². The number of methoxy groups -OCH3 is 1. The average molecular weight is 285 g/mol. The fraction of sp³-hybridized carbons (Fsp3) is 0.188. The molecule has 0 atom stereocenters. The van der Waals surface area contributed by atoms with Gasteiger partial charge in [0.2, 0.25) is 0 Å². The van der Waals surface area contributed by atoms with E-state index in [9.17, 15) is 9.59 Å². The zero-order valence-corrected chi connectivity index (χ0v) is 12.0. The minimum Gasteiger partial charge on any atom is -0.496 e. The first-order valence-corrected chi connectivity index (χ1v) is 6.37. The first-order chi connectivity index (χ1) is 10.0. The first kappa shape index (κ1) is 14.7. The number of rotatable bonds is 3. The van der Waals surface area contributed by atoms with Crippen LogP contribution >= 0.6 is 0 Å². The van der Waals surface area contributed by atoms with Gasteiger partial charge in [0.05, 0.1) is 7.11 Å². The zero-order chi connectivity index (χ0) is 15.4. The van der Waals surface area contributed by atoms with Crippen LogP contribution in [-0.4, -0.2) is 24.6 Å². The van der Waals surface area contributed by atoms with Gasteiger partial charge in [-0.2, -0.15) is 0 Å². The maximum Gasteiger partial charge on any atom is 0.369 e. The van der Waals surface area contributed by atoms with Crippen LogP contribution in [0.2, 0.25) is 0 Å². The third-order valence-corrected chi connectivity index (χ3v) is 3.26. The lowest BCUT2D eigenvalue weighted by Gasteiger charge is -2.10. The average Bonchev–Trinajstić information content (AvgIpc) is 2.51. The molecule has 0 bridgehead atoms. The number of hydrogen-bond donors (Lipinski definition) is 0. The molecule has 0 saturated carbocycles. The third-order valence-electron chi connectivity index (χ3n) is 3.26. The summed E-state index contributed by atoms with van der Waals surface area (Å²) in [7, 11) is 1.48. The zero-order valence-electron chi connectivity index (χ0n) is 12.0. The number of ether oxygens (including phenoxy) is 1. The van der Waals surface area contributed by atoms with Crippen molar-refractivity contribution in [2.24, 2.45) is 5.16 Å². The Labute approximate surface area is 122 Å². The molecule has 0 unspecified atom stereocenters. The molecule has 0 aliphatic heterocycles. The molecule has 108 valence electrons. The van der Waals surface area contributed by atoms with Gasteiger partial charge in [-0.25, -0.2) is 4.79 Å². The van der Waals surface area contributed by atoms with Gasteiger partial charge in [-0.1, -0.05) is 17.3 Å². The summed E-state index contributed by atoms with van der Waals surface area (Å²) >= 11 is 0. The number of benzene rings is 1. The normalized spacial score (nSPS) is 16.3. The van der Waals surface area contributed by atoms with Crippen LogP contribution < -0.4 is 4.74 Å². The number of carbonyl (C=O) groups is 2. The lowest BCUT2D eigenvalue weighted by Crippen LogP contribution is -2.12. The van der Waals surface area contributed by atoms with Gasteiger partial charge in [0.25, 0.3) is 0 Å². The standard InChI is InChI=1S/C16H15NO4/c1-10-11(2)14(18)9-8-13(10)17-21-16(19)12-6-4-5-7-15(12)20-3/h4-9H,1-3H3. The van der Waals surface area contributed by atoms with E-state index in [-0.39, 0.29) is 5.78 Å². The molecule has 1 aromatic carbocycles. The summed E-state index contributed by atoms with van der Waals surface area (Å²) in [5.41, 5.74) is 2.02. The Morgan fingerprint density at radius 2 is 1.81 bits per heavy atom. The van der Waals surface area contributed by atoms with Gasteiger partial charge in [-0.3, -0.25) is 4.79 Å². The molecule has 0 saturated heterocycles. The number of allylic oxidation sites excluding steroid dienone is 4. The van der Waals surface area contributed by atoms with Crippen molar-refractivity contribution in [1.29, 1.82) is 0 Å². The first-order valence-electron chi connectivity index (χ1n) is 6.37. The quantitative estimate of drug-likeness (QED) is 0.486. The van der Waals surface area contributed by atoms with Gasteiger partial charge in [-0.05, 0) is 43.7 Å². The fourth-order valence-electron chi connectivity index (χ4n) is 1.83. The lowest BCUT2D eigenvalue weighted by molar-refractivity contribution is -0.111. The monoisotopic (exact) mass is 285 g/mol. The van der Waals surface area contributed by atoms with Crippen LogP contribution in [0.1, 0.15) is 24.2 Å². The Kier molecular flexibility index (Phi) is 4.33. The number of hydrogen-bond acceptors (Lipinski definition) is 5. The highest BCUT2D eigenvalue weighted by Crippen LogP contribution is 2.19. The molecule has 2 rings (SSSR count). The van der Waals surface area contributed by atoms with Crippen LogP contribution in [0.25, 0.3) is 0 Å². The number of carbonyl (C=O) groups excluding carboxylic acids is 2. The van der Waals surface area contributed by atoms with Crippen LogP contribution in [-0.2, 0) is 9.63 Å². The van der Waals surface area contributed by atoms with Crippen LogP contribution in [0.3, 0.4) is 0 Å². The van der Waals surface area contributed by atoms with Crippen molar-refractivity contribution in [3.8, 4) is 5.75 Å². The largest absolute Gasteiger partial charge is 0.496 e. The maximum absolute atomic E-state index is 12.0. The summed E-state index contributed by atoms with van der Waals surface area (Å²) in [5.74, 6) is -0.265. The van der Waals surface area contributed by atoms with Crippen LogP contribution in [0.5, 0.6) is 5.75 Å². The van der Waals surface area contributed by atoms with E-state index >= 15 is 0 Å². The molecule has 0 heterocycles. The molecule has 1 aliphatic rings. The highest BCUT2D eigenvalue weighted by Gasteiger charge is 2.17. The smallest absolute Gasteiger partial charge is 0.369 e. The Morgan fingerprint density at radius 1 is 1.10 bits per heavy atom. The second kappa shape index (κ2) is 6.17. The van der Waals surface area contributed by atoms with Gasteiger partial charge in [-0.15, -0.1) is 0 Å². The van der Waals surface area contributed by atoms with Crippen molar-refractivity contribution in [3.05, 3.63) is 53.1 Å². The summed E-state index contributed by atoms with van der Waals surface area (Å²) < 4.78 is 5.09. The molecule has 0 radical (unpaired) electrons. The highest BCUT2D eigenvalue weighted by molar-refractivity contribution is 6.21. The van der Waals surface area contributed by atoms with Crippen molar-refractivity contribution in [2.75, 3.05) is 7.11 Å². The predicted molar refractivity (Wildman–Crippen MR) is 78.4 cm³/mol. The van der Waals surface area contributed by atoms with Gasteiger partial charge >= 0.3 is 5.97 Å². The molecule has 0 aromatic heterocycles. The maximum atomic E-state index is 12.0. The van der Waals surface area contributed by atoms with E-state index in [1.165, 1.54) is 19.3 Å². The van der Waals surface area contributed by atoms with E-state index in [4.69, 9.17) is 9.57 Å². The number of nitrogens with zero attached hydrogens (tertiary/aromatic N) is 1. The Morgan fingerprint density at radius 3 is 2.52 bits per heavy atom. The van der Waals surface area contributed by atoms with Crippen molar-refractivity contribution >= 4 is 17.5 Å². The Balaban J connectivity index is 2.20. The van der Waals surface area contributed by atoms with Crippen LogP contribution in [0, 0.1) is 0 Å². The summed E-state index contributed by atoms with van der Waals surface area (Å²) in [6, 6.07) is 6.72. The summed E-state index contributed by atoms with van der Waals surface area (Å²) in [5, 5.41) is 3.82. The molecule has 0 spiro atoms. The second-order valence-electron chi connectivity index (χ2n) is 4.50. The molecule has 21 heavy (non-hydrogen) atoms. The summed E-state index contributed by atoms with van der Waals surface area (Å²) in [6.45, 7) is 3.46. The minimum absolute atomic E-state index is 0.0671. The molecular formula is C16H15NO4. The van der Waals surface area contributed by atoms with Gasteiger partial charge in [0.15, 0.2) is 5.78 Å². The summed E-state index contributed by atoms with van der Waals surface area (Å²) in [4.78, 5) is 28.4. The topological polar surface area (TPSA) is 65.0 Å². The van der Waals surface area contributed by atoms with Gasteiger partial charge in [0, 0.05) is 5.57 Å². The number of oxime groups is 1. The fourth-order valence-corrected chi connectivity index (χ4v) is 1.83. The molecule has 0 amide bonds. The SMILES string of the molecule is COc1ccccc1C(=O)ON=C1C=CC(=O)C(C)=C1C. The Hall–Kier alpha value is -2.69. The van der Waals surface area contributed by atoms with E-state index in [2.05, 4.69) is 5.16 Å². The minimum atomic E-state index is -0.615. The van der Waals surface area contributed by atoms with E-state index in [0.717, 1.165) is 0 Å². The molecule has 5 heteroatoms. The van der Waals surface area contributed by atoms with Crippen LogP contribution in [0.15, 0.2) is 52.7 Å². The number of para-hydroxylation sites is 1. The molecule has 0 fully saturated rings. The van der Waals surface area contributed by atoms with Crippen molar-refractivity contribution in [1.82, 2.24) is 0 Å². The van der Waals surface area contributed by atoms with E-state index in [0.29, 0.717) is 28.2 Å². The van der Waals surface area contributed by atoms with Crippen molar-refractivity contribution in [2.45, 2.75) is 13.8 Å².